The molecule has 0 atom stereocenters. The largest absolute Gasteiger partial charge is 0.264 e. The second-order valence-electron chi connectivity index (χ2n) is 12.2. The van der Waals surface area contributed by atoms with Gasteiger partial charge in [-0.3, -0.25) is 9.97 Å². The molecule has 0 aliphatic rings. The molecule has 6 aromatic carbocycles. The Labute approximate surface area is 289 Å². The lowest BCUT2D eigenvalue weighted by molar-refractivity contribution is 1.07. The van der Waals surface area contributed by atoms with Crippen LogP contribution in [0.2, 0.25) is 0 Å². The topological polar surface area (TPSA) is 64.5 Å². The highest BCUT2D eigenvalue weighted by atomic mass is 15.0. The Kier molecular flexibility index (Phi) is 7.41. The molecule has 3 heterocycles. The summed E-state index contributed by atoms with van der Waals surface area (Å²) >= 11 is 0. The molecule has 0 aliphatic heterocycles. The van der Waals surface area contributed by atoms with Gasteiger partial charge in [0.15, 0.2) is 17.5 Å². The molecule has 9 rings (SSSR count). The zero-order valence-electron chi connectivity index (χ0n) is 27.0. The first kappa shape index (κ1) is 29.3. The molecule has 0 spiro atoms. The number of fused-ring (bicyclic) bond motifs is 3. The molecule has 0 saturated heterocycles. The predicted molar refractivity (Wildman–Crippen MR) is 203 cm³/mol. The van der Waals surface area contributed by atoms with Crippen LogP contribution in [0.1, 0.15) is 0 Å². The van der Waals surface area contributed by atoms with Crippen molar-refractivity contribution in [2.75, 3.05) is 0 Å². The molecule has 0 radical (unpaired) electrons. The van der Waals surface area contributed by atoms with Crippen molar-refractivity contribution < 1.29 is 0 Å². The first-order valence-corrected chi connectivity index (χ1v) is 16.6. The first-order chi connectivity index (χ1) is 24.7. The highest BCUT2D eigenvalue weighted by Gasteiger charge is 2.14. The fourth-order valence-electron chi connectivity index (χ4n) is 6.43. The molecule has 3 aromatic heterocycles. The molecule has 50 heavy (non-hydrogen) atoms. The molecular weight excluding hydrogens is 611 g/mol. The zero-order chi connectivity index (χ0) is 33.3. The molecule has 0 N–H and O–H groups in total. The average Bonchev–Trinajstić information content (AvgIpc) is 3.21. The van der Waals surface area contributed by atoms with E-state index in [1.807, 2.05) is 60.9 Å². The van der Waals surface area contributed by atoms with Crippen LogP contribution in [0, 0.1) is 0 Å². The van der Waals surface area contributed by atoms with E-state index in [0.29, 0.717) is 17.5 Å². The van der Waals surface area contributed by atoms with Crippen LogP contribution in [0.5, 0.6) is 0 Å². The van der Waals surface area contributed by atoms with Crippen LogP contribution in [-0.2, 0) is 0 Å². The third-order valence-electron chi connectivity index (χ3n) is 9.07. The summed E-state index contributed by atoms with van der Waals surface area (Å²) in [7, 11) is 0. The number of hydrogen-bond donors (Lipinski definition) is 0. The quantitative estimate of drug-likeness (QED) is 0.169. The first-order valence-electron chi connectivity index (χ1n) is 16.6. The molecule has 5 heteroatoms. The van der Waals surface area contributed by atoms with Gasteiger partial charge in [0.1, 0.15) is 0 Å². The van der Waals surface area contributed by atoms with Gasteiger partial charge < -0.3 is 0 Å². The molecule has 9 aromatic rings. The minimum absolute atomic E-state index is 0.638. The van der Waals surface area contributed by atoms with Gasteiger partial charge in [0.2, 0.25) is 0 Å². The summed E-state index contributed by atoms with van der Waals surface area (Å²) in [6.45, 7) is 0. The van der Waals surface area contributed by atoms with Gasteiger partial charge in [-0.05, 0) is 56.9 Å². The van der Waals surface area contributed by atoms with Crippen LogP contribution in [0.4, 0.5) is 0 Å². The second-order valence-corrected chi connectivity index (χ2v) is 12.2. The number of nitrogens with zero attached hydrogens (tertiary/aromatic N) is 5. The smallest absolute Gasteiger partial charge is 0.164 e. The Balaban J connectivity index is 1.07. The third-order valence-corrected chi connectivity index (χ3v) is 9.07. The lowest BCUT2D eigenvalue weighted by Crippen LogP contribution is -2.00. The summed E-state index contributed by atoms with van der Waals surface area (Å²) in [5.41, 5.74) is 9.26. The summed E-state index contributed by atoms with van der Waals surface area (Å²) in [6, 6.07) is 54.4. The van der Waals surface area contributed by atoms with Crippen LogP contribution >= 0.6 is 0 Å². The number of aromatic nitrogens is 5. The molecule has 0 saturated carbocycles. The predicted octanol–water partition coefficient (Wildman–Crippen LogP) is 11.0. The van der Waals surface area contributed by atoms with Crippen molar-refractivity contribution in [2.45, 2.75) is 0 Å². The lowest BCUT2D eigenvalue weighted by atomic mass is 9.97. The van der Waals surface area contributed by atoms with Gasteiger partial charge in [0.25, 0.3) is 0 Å². The molecule has 0 bridgehead atoms. The van der Waals surface area contributed by atoms with E-state index < -0.39 is 0 Å². The Morgan fingerprint density at radius 1 is 0.320 bits per heavy atom. The molecule has 0 unspecified atom stereocenters. The van der Waals surface area contributed by atoms with E-state index >= 15 is 0 Å². The Bertz CT molecular complexity index is 2600. The maximum Gasteiger partial charge on any atom is 0.164 e. The van der Waals surface area contributed by atoms with Crippen molar-refractivity contribution in [1.29, 1.82) is 0 Å². The van der Waals surface area contributed by atoms with E-state index in [9.17, 15) is 0 Å². The molecule has 0 amide bonds. The van der Waals surface area contributed by atoms with E-state index in [4.69, 9.17) is 19.9 Å². The third kappa shape index (κ3) is 5.67. The number of rotatable bonds is 6. The van der Waals surface area contributed by atoms with Crippen molar-refractivity contribution in [3.05, 3.63) is 176 Å². The van der Waals surface area contributed by atoms with Crippen LogP contribution in [0.3, 0.4) is 0 Å². The van der Waals surface area contributed by atoms with Crippen LogP contribution in [0.15, 0.2) is 176 Å². The number of pyridine rings is 2. The molecule has 0 aliphatic carbocycles. The average molecular weight is 640 g/mol. The van der Waals surface area contributed by atoms with Gasteiger partial charge in [0.05, 0.1) is 5.69 Å². The maximum absolute atomic E-state index is 5.01. The summed E-state index contributed by atoms with van der Waals surface area (Å²) in [4.78, 5) is 23.9. The van der Waals surface area contributed by atoms with Crippen LogP contribution in [-0.4, -0.2) is 24.9 Å². The van der Waals surface area contributed by atoms with Crippen molar-refractivity contribution in [2.24, 2.45) is 0 Å². The van der Waals surface area contributed by atoms with Gasteiger partial charge >= 0.3 is 0 Å². The molecule has 234 valence electrons. The number of benzene rings is 6. The van der Waals surface area contributed by atoms with Crippen molar-refractivity contribution >= 4 is 21.5 Å². The minimum atomic E-state index is 0.638. The fourth-order valence-corrected chi connectivity index (χ4v) is 6.43. The Hall–Kier alpha value is -6.85. The van der Waals surface area contributed by atoms with E-state index in [1.54, 1.807) is 6.20 Å². The summed E-state index contributed by atoms with van der Waals surface area (Å²) in [5, 5.41) is 4.64. The molecular formula is C45H29N5. The standard InChI is InChI=1S/C45H29N5/c1-3-8-30(9-4-1)31-13-15-33(16-14-31)44-48-43(32-10-5-2-6-11-32)49-45(50-44)37-20-23-41-35(27-37)18-17-34-26-36(19-22-40(34)41)42-24-21-39(29-47-42)38-12-7-25-46-28-38/h1-29H. The second kappa shape index (κ2) is 12.6. The highest BCUT2D eigenvalue weighted by Crippen LogP contribution is 2.33. The normalized spacial score (nSPS) is 11.2. The minimum Gasteiger partial charge on any atom is -0.264 e. The van der Waals surface area contributed by atoms with Gasteiger partial charge in [0, 0.05) is 52.0 Å². The summed E-state index contributed by atoms with van der Waals surface area (Å²) in [5.74, 6) is 1.92. The van der Waals surface area contributed by atoms with E-state index in [0.717, 1.165) is 55.4 Å². The zero-order valence-corrected chi connectivity index (χ0v) is 27.0. The van der Waals surface area contributed by atoms with Crippen LogP contribution in [0.25, 0.3) is 89.2 Å². The van der Waals surface area contributed by atoms with E-state index in [-0.39, 0.29) is 0 Å². The number of hydrogen-bond acceptors (Lipinski definition) is 5. The maximum atomic E-state index is 5.01. The van der Waals surface area contributed by atoms with Crippen molar-refractivity contribution in [1.82, 2.24) is 24.9 Å². The van der Waals surface area contributed by atoms with E-state index in [2.05, 4.69) is 114 Å². The van der Waals surface area contributed by atoms with Crippen LogP contribution < -0.4 is 0 Å². The highest BCUT2D eigenvalue weighted by molar-refractivity contribution is 6.09. The SMILES string of the molecule is c1ccc(-c2ccc(-c3nc(-c4ccccc4)nc(-c4ccc5c(ccc6cc(-c7ccc(-c8cccnc8)cn7)ccc65)c4)n3)cc2)cc1. The van der Waals surface area contributed by atoms with E-state index in [1.165, 1.54) is 16.3 Å². The van der Waals surface area contributed by atoms with Crippen molar-refractivity contribution in [3.8, 4) is 67.7 Å². The molecule has 5 nitrogen and oxygen atoms in total. The van der Waals surface area contributed by atoms with Gasteiger partial charge in [-0.2, -0.15) is 0 Å². The summed E-state index contributed by atoms with van der Waals surface area (Å²) in [6.07, 6.45) is 5.55. The summed E-state index contributed by atoms with van der Waals surface area (Å²) < 4.78 is 0. The van der Waals surface area contributed by atoms with Gasteiger partial charge in [-0.15, -0.1) is 0 Å². The van der Waals surface area contributed by atoms with Crippen molar-refractivity contribution in [3.63, 3.8) is 0 Å². The van der Waals surface area contributed by atoms with Gasteiger partial charge in [-0.1, -0.05) is 133 Å². The monoisotopic (exact) mass is 639 g/mol. The Morgan fingerprint density at radius 2 is 0.800 bits per heavy atom. The lowest BCUT2D eigenvalue weighted by Gasteiger charge is -2.11. The van der Waals surface area contributed by atoms with Gasteiger partial charge in [-0.25, -0.2) is 15.0 Å². The Morgan fingerprint density at radius 3 is 1.42 bits per heavy atom. The fraction of sp³-hybridized carbons (Fsp3) is 0. The molecule has 0 fully saturated rings.